The van der Waals surface area contributed by atoms with E-state index in [1.54, 1.807) is 13.3 Å². The van der Waals surface area contributed by atoms with Crippen molar-refractivity contribution in [3.05, 3.63) is 24.0 Å². The molecule has 1 aliphatic rings. The number of hydrogen-bond acceptors (Lipinski definition) is 4. The Kier molecular flexibility index (Phi) is 3.74. The van der Waals surface area contributed by atoms with Crippen LogP contribution in [-0.4, -0.2) is 24.8 Å². The minimum atomic E-state index is -0.112. The van der Waals surface area contributed by atoms with Crippen molar-refractivity contribution in [1.29, 1.82) is 0 Å². The quantitative estimate of drug-likeness (QED) is 0.841. The van der Waals surface area contributed by atoms with Crippen LogP contribution in [0.25, 0.3) is 0 Å². The molecule has 1 aromatic rings. The van der Waals surface area contributed by atoms with Crippen LogP contribution in [0.15, 0.2) is 18.3 Å². The molecule has 0 amide bonds. The number of aromatic nitrogens is 1. The average molecular weight is 222 g/mol. The molecule has 4 nitrogen and oxygen atoms in total. The Balaban J connectivity index is 2.04. The van der Waals surface area contributed by atoms with Gasteiger partial charge >= 0.3 is 0 Å². The lowest BCUT2D eigenvalue weighted by Crippen LogP contribution is -2.20. The average Bonchev–Trinajstić information content (AvgIpc) is 2.81. The van der Waals surface area contributed by atoms with E-state index in [9.17, 15) is 0 Å². The van der Waals surface area contributed by atoms with E-state index in [2.05, 4.69) is 4.98 Å². The zero-order valence-electron chi connectivity index (χ0n) is 9.56. The highest BCUT2D eigenvalue weighted by Gasteiger charge is 2.22. The third-order valence-electron chi connectivity index (χ3n) is 2.91. The Labute approximate surface area is 95.8 Å². The summed E-state index contributed by atoms with van der Waals surface area (Å²) in [4.78, 5) is 4.29. The molecule has 4 heteroatoms. The molecular weight excluding hydrogens is 204 g/mol. The van der Waals surface area contributed by atoms with Crippen molar-refractivity contribution >= 4 is 0 Å². The topological polar surface area (TPSA) is 57.4 Å². The molecule has 0 saturated carbocycles. The van der Waals surface area contributed by atoms with Gasteiger partial charge in [0.05, 0.1) is 24.9 Å². The molecular formula is C12H18N2O2. The van der Waals surface area contributed by atoms with Gasteiger partial charge in [-0.15, -0.1) is 0 Å². The fourth-order valence-electron chi connectivity index (χ4n) is 2.08. The minimum Gasteiger partial charge on any atom is -0.495 e. The molecule has 1 aromatic heterocycles. The summed E-state index contributed by atoms with van der Waals surface area (Å²) in [6.07, 6.45) is 5.07. The molecule has 0 radical (unpaired) electrons. The molecule has 2 rings (SSSR count). The summed E-state index contributed by atoms with van der Waals surface area (Å²) in [6, 6.07) is 3.62. The SMILES string of the molecule is COc1cccnc1C(N)CC1CCCO1. The van der Waals surface area contributed by atoms with Gasteiger partial charge in [-0.1, -0.05) is 0 Å². The van der Waals surface area contributed by atoms with Crippen molar-refractivity contribution in [3.8, 4) is 5.75 Å². The second kappa shape index (κ2) is 5.27. The van der Waals surface area contributed by atoms with Crippen LogP contribution in [0.3, 0.4) is 0 Å². The van der Waals surface area contributed by atoms with Gasteiger partial charge in [0.1, 0.15) is 5.75 Å². The zero-order valence-corrected chi connectivity index (χ0v) is 9.56. The first-order valence-corrected chi connectivity index (χ1v) is 5.67. The van der Waals surface area contributed by atoms with Gasteiger partial charge in [-0.25, -0.2) is 0 Å². The monoisotopic (exact) mass is 222 g/mol. The maximum atomic E-state index is 6.13. The van der Waals surface area contributed by atoms with Gasteiger partial charge in [0, 0.05) is 12.8 Å². The number of rotatable bonds is 4. The van der Waals surface area contributed by atoms with E-state index < -0.39 is 0 Å². The summed E-state index contributed by atoms with van der Waals surface area (Å²) in [5.74, 6) is 0.757. The number of nitrogens with zero attached hydrogens (tertiary/aromatic N) is 1. The highest BCUT2D eigenvalue weighted by Crippen LogP contribution is 2.27. The Hall–Kier alpha value is -1.13. The lowest BCUT2D eigenvalue weighted by Gasteiger charge is -2.17. The normalized spacial score (nSPS) is 22.0. The molecule has 2 unspecified atom stereocenters. The first-order chi connectivity index (χ1) is 7.81. The van der Waals surface area contributed by atoms with E-state index in [0.29, 0.717) is 0 Å². The molecule has 2 heterocycles. The fourth-order valence-corrected chi connectivity index (χ4v) is 2.08. The second-order valence-electron chi connectivity index (χ2n) is 4.07. The van der Waals surface area contributed by atoms with Crippen LogP contribution in [0.5, 0.6) is 5.75 Å². The number of hydrogen-bond donors (Lipinski definition) is 1. The van der Waals surface area contributed by atoms with E-state index in [-0.39, 0.29) is 12.1 Å². The van der Waals surface area contributed by atoms with Gasteiger partial charge in [0.2, 0.25) is 0 Å². The van der Waals surface area contributed by atoms with Crippen molar-refractivity contribution in [2.75, 3.05) is 13.7 Å². The third kappa shape index (κ3) is 2.51. The molecule has 0 spiro atoms. The summed E-state index contributed by atoms with van der Waals surface area (Å²) in [7, 11) is 1.64. The zero-order chi connectivity index (χ0) is 11.4. The summed E-state index contributed by atoms with van der Waals surface area (Å²) in [5, 5.41) is 0. The first kappa shape index (κ1) is 11.4. The minimum absolute atomic E-state index is 0.112. The number of nitrogens with two attached hydrogens (primary N) is 1. The molecule has 1 aliphatic heterocycles. The predicted molar refractivity (Wildman–Crippen MR) is 61.3 cm³/mol. The van der Waals surface area contributed by atoms with E-state index >= 15 is 0 Å². The second-order valence-corrected chi connectivity index (χ2v) is 4.07. The number of ether oxygens (including phenoxy) is 2. The van der Waals surface area contributed by atoms with Crippen LogP contribution >= 0.6 is 0 Å². The molecule has 0 aromatic carbocycles. The standard InChI is InChI=1S/C12H18N2O2/c1-15-11-5-2-6-14-12(11)10(13)8-9-4-3-7-16-9/h2,5-6,9-10H,3-4,7-8,13H2,1H3. The van der Waals surface area contributed by atoms with Gasteiger partial charge in [-0.3, -0.25) is 4.98 Å². The Morgan fingerprint density at radius 3 is 3.25 bits per heavy atom. The Morgan fingerprint density at radius 2 is 2.56 bits per heavy atom. The van der Waals surface area contributed by atoms with E-state index in [0.717, 1.165) is 37.3 Å². The lowest BCUT2D eigenvalue weighted by atomic mass is 10.0. The van der Waals surface area contributed by atoms with Crippen LogP contribution in [0.4, 0.5) is 0 Å². The third-order valence-corrected chi connectivity index (χ3v) is 2.91. The van der Waals surface area contributed by atoms with Gasteiger partial charge in [0.25, 0.3) is 0 Å². The van der Waals surface area contributed by atoms with Crippen LogP contribution in [-0.2, 0) is 4.74 Å². The summed E-state index contributed by atoms with van der Waals surface area (Å²) in [5.41, 5.74) is 6.95. The lowest BCUT2D eigenvalue weighted by molar-refractivity contribution is 0.0977. The summed E-state index contributed by atoms with van der Waals surface area (Å²) in [6.45, 7) is 0.858. The van der Waals surface area contributed by atoms with Gasteiger partial charge in [0.15, 0.2) is 0 Å². The van der Waals surface area contributed by atoms with E-state index in [1.807, 2.05) is 12.1 Å². The molecule has 0 aliphatic carbocycles. The largest absolute Gasteiger partial charge is 0.495 e. The van der Waals surface area contributed by atoms with Gasteiger partial charge in [-0.2, -0.15) is 0 Å². The smallest absolute Gasteiger partial charge is 0.141 e. The summed E-state index contributed by atoms with van der Waals surface area (Å²) < 4.78 is 10.8. The molecule has 2 N–H and O–H groups in total. The highest BCUT2D eigenvalue weighted by molar-refractivity contribution is 5.29. The molecule has 88 valence electrons. The molecule has 16 heavy (non-hydrogen) atoms. The van der Waals surface area contributed by atoms with Crippen LogP contribution in [0.2, 0.25) is 0 Å². The van der Waals surface area contributed by atoms with Crippen molar-refractivity contribution in [1.82, 2.24) is 4.98 Å². The number of pyridine rings is 1. The van der Waals surface area contributed by atoms with E-state index in [1.165, 1.54) is 0 Å². The fraction of sp³-hybridized carbons (Fsp3) is 0.583. The number of methoxy groups -OCH3 is 1. The first-order valence-electron chi connectivity index (χ1n) is 5.67. The van der Waals surface area contributed by atoms with Crippen molar-refractivity contribution in [2.45, 2.75) is 31.4 Å². The Bertz CT molecular complexity index is 338. The predicted octanol–water partition coefficient (Wildman–Crippen LogP) is 1.66. The van der Waals surface area contributed by atoms with Crippen molar-refractivity contribution in [2.24, 2.45) is 5.73 Å². The van der Waals surface area contributed by atoms with Crippen LogP contribution in [0.1, 0.15) is 31.0 Å². The van der Waals surface area contributed by atoms with E-state index in [4.69, 9.17) is 15.2 Å². The maximum Gasteiger partial charge on any atom is 0.141 e. The van der Waals surface area contributed by atoms with Gasteiger partial charge < -0.3 is 15.2 Å². The van der Waals surface area contributed by atoms with Crippen LogP contribution < -0.4 is 10.5 Å². The molecule has 2 atom stereocenters. The van der Waals surface area contributed by atoms with Crippen LogP contribution in [0, 0.1) is 0 Å². The Morgan fingerprint density at radius 1 is 1.69 bits per heavy atom. The molecule has 1 fully saturated rings. The molecule has 0 bridgehead atoms. The van der Waals surface area contributed by atoms with Crippen molar-refractivity contribution in [3.63, 3.8) is 0 Å². The highest BCUT2D eigenvalue weighted by atomic mass is 16.5. The van der Waals surface area contributed by atoms with Gasteiger partial charge in [-0.05, 0) is 31.4 Å². The van der Waals surface area contributed by atoms with Crippen molar-refractivity contribution < 1.29 is 9.47 Å². The maximum absolute atomic E-state index is 6.13. The summed E-state index contributed by atoms with van der Waals surface area (Å²) >= 11 is 0. The molecule has 1 saturated heterocycles.